The van der Waals surface area contributed by atoms with E-state index in [1.807, 2.05) is 10.9 Å². The largest absolute Gasteiger partial charge is 0.270 e. The monoisotopic (exact) mass is 298 g/mol. The molecule has 0 bridgehead atoms. The molecule has 0 aliphatic heterocycles. The van der Waals surface area contributed by atoms with Gasteiger partial charge in [0.15, 0.2) is 0 Å². The molecular formula is C20H30N2. The van der Waals surface area contributed by atoms with E-state index in [0.29, 0.717) is 6.04 Å². The van der Waals surface area contributed by atoms with Crippen LogP contribution in [0.2, 0.25) is 0 Å². The lowest BCUT2D eigenvalue weighted by molar-refractivity contribution is 0.532. The fourth-order valence-electron chi connectivity index (χ4n) is 3.36. The Kier molecular flexibility index (Phi) is 4.25. The number of rotatable bonds is 2. The molecule has 2 heteroatoms. The van der Waals surface area contributed by atoms with Crippen LogP contribution in [-0.4, -0.2) is 9.78 Å². The van der Waals surface area contributed by atoms with Crippen LogP contribution in [-0.2, 0) is 5.41 Å². The summed E-state index contributed by atoms with van der Waals surface area (Å²) in [7, 11) is 0. The summed E-state index contributed by atoms with van der Waals surface area (Å²) >= 11 is 0. The fourth-order valence-corrected chi connectivity index (χ4v) is 3.36. The lowest BCUT2D eigenvalue weighted by Gasteiger charge is -2.29. The summed E-state index contributed by atoms with van der Waals surface area (Å²) in [6.07, 6.45) is 4.21. The molecule has 0 saturated heterocycles. The standard InChI is InChI=1S/C20H30N2/c1-12(2)22-11-17(10-21-22)18-15(5)13(3)14(4)16(6)19(18)20(7,8)9/h10-12H,1-9H3. The molecule has 0 N–H and O–H groups in total. The molecule has 2 nitrogen and oxygen atoms in total. The molecule has 0 spiro atoms. The topological polar surface area (TPSA) is 17.8 Å². The first kappa shape index (κ1) is 16.8. The Bertz CT molecular complexity index is 697. The van der Waals surface area contributed by atoms with Gasteiger partial charge in [-0.1, -0.05) is 20.8 Å². The van der Waals surface area contributed by atoms with Gasteiger partial charge in [-0.25, -0.2) is 0 Å². The van der Waals surface area contributed by atoms with Gasteiger partial charge in [0.25, 0.3) is 0 Å². The molecule has 2 rings (SSSR count). The van der Waals surface area contributed by atoms with Gasteiger partial charge in [-0.2, -0.15) is 5.10 Å². The lowest BCUT2D eigenvalue weighted by atomic mass is 9.75. The van der Waals surface area contributed by atoms with E-state index >= 15 is 0 Å². The Morgan fingerprint density at radius 2 is 1.45 bits per heavy atom. The molecule has 0 aliphatic rings. The molecule has 120 valence electrons. The van der Waals surface area contributed by atoms with Gasteiger partial charge in [-0.3, -0.25) is 4.68 Å². The molecule has 0 amide bonds. The van der Waals surface area contributed by atoms with Crippen molar-refractivity contribution in [2.45, 2.75) is 73.8 Å². The van der Waals surface area contributed by atoms with E-state index in [1.165, 1.54) is 38.9 Å². The predicted octanol–water partition coefficient (Wildman–Crippen LogP) is 5.66. The summed E-state index contributed by atoms with van der Waals surface area (Å²) in [6, 6.07) is 0.389. The minimum Gasteiger partial charge on any atom is -0.270 e. The Morgan fingerprint density at radius 1 is 0.909 bits per heavy atom. The minimum absolute atomic E-state index is 0.114. The van der Waals surface area contributed by atoms with Gasteiger partial charge < -0.3 is 0 Å². The third-order valence-electron chi connectivity index (χ3n) is 4.86. The van der Waals surface area contributed by atoms with E-state index in [1.54, 1.807) is 0 Å². The Balaban J connectivity index is 2.83. The molecule has 0 unspecified atom stereocenters. The molecule has 1 heterocycles. The normalized spacial score (nSPS) is 12.3. The average molecular weight is 298 g/mol. The second kappa shape index (κ2) is 5.57. The van der Waals surface area contributed by atoms with E-state index in [9.17, 15) is 0 Å². The van der Waals surface area contributed by atoms with Crippen molar-refractivity contribution in [3.63, 3.8) is 0 Å². The van der Waals surface area contributed by atoms with Crippen molar-refractivity contribution in [1.29, 1.82) is 0 Å². The highest BCUT2D eigenvalue weighted by Gasteiger charge is 2.26. The zero-order valence-electron chi connectivity index (χ0n) is 15.6. The second-order valence-corrected chi connectivity index (χ2v) is 7.80. The van der Waals surface area contributed by atoms with Crippen LogP contribution in [0, 0.1) is 27.7 Å². The highest BCUT2D eigenvalue weighted by Crippen LogP contribution is 2.40. The smallest absolute Gasteiger partial charge is 0.0568 e. The van der Waals surface area contributed by atoms with Crippen LogP contribution in [0.25, 0.3) is 11.1 Å². The van der Waals surface area contributed by atoms with Gasteiger partial charge in [0.2, 0.25) is 0 Å². The van der Waals surface area contributed by atoms with Crippen LogP contribution in [0.1, 0.15) is 68.5 Å². The third kappa shape index (κ3) is 2.71. The summed E-state index contributed by atoms with van der Waals surface area (Å²) < 4.78 is 2.05. The van der Waals surface area contributed by atoms with Gasteiger partial charge in [0.1, 0.15) is 0 Å². The minimum atomic E-state index is 0.114. The van der Waals surface area contributed by atoms with Crippen molar-refractivity contribution in [1.82, 2.24) is 9.78 Å². The number of nitrogens with zero attached hydrogens (tertiary/aromatic N) is 2. The van der Waals surface area contributed by atoms with Gasteiger partial charge in [-0.15, -0.1) is 0 Å². The van der Waals surface area contributed by atoms with E-state index in [4.69, 9.17) is 0 Å². The zero-order chi connectivity index (χ0) is 16.8. The summed E-state index contributed by atoms with van der Waals surface area (Å²) in [5.74, 6) is 0. The molecule has 1 aromatic heterocycles. The van der Waals surface area contributed by atoms with Crippen molar-refractivity contribution in [3.8, 4) is 11.1 Å². The molecule has 2 aromatic rings. The molecule has 22 heavy (non-hydrogen) atoms. The number of hydrogen-bond donors (Lipinski definition) is 0. The lowest BCUT2D eigenvalue weighted by Crippen LogP contribution is -2.17. The number of benzene rings is 1. The molecule has 1 aromatic carbocycles. The Morgan fingerprint density at radius 3 is 1.91 bits per heavy atom. The van der Waals surface area contributed by atoms with Crippen LogP contribution in [0.5, 0.6) is 0 Å². The van der Waals surface area contributed by atoms with E-state index in [2.05, 4.69) is 73.6 Å². The maximum atomic E-state index is 4.55. The Hall–Kier alpha value is -1.57. The van der Waals surface area contributed by atoms with Crippen molar-refractivity contribution >= 4 is 0 Å². The first-order valence-corrected chi connectivity index (χ1v) is 8.21. The number of hydrogen-bond acceptors (Lipinski definition) is 1. The van der Waals surface area contributed by atoms with Gasteiger partial charge >= 0.3 is 0 Å². The van der Waals surface area contributed by atoms with Gasteiger partial charge in [-0.05, 0) is 80.3 Å². The van der Waals surface area contributed by atoms with E-state index in [-0.39, 0.29) is 5.41 Å². The fraction of sp³-hybridized carbons (Fsp3) is 0.550. The average Bonchev–Trinajstić information content (AvgIpc) is 2.88. The highest BCUT2D eigenvalue weighted by molar-refractivity contribution is 5.75. The van der Waals surface area contributed by atoms with Crippen LogP contribution in [0.3, 0.4) is 0 Å². The van der Waals surface area contributed by atoms with Gasteiger partial charge in [0.05, 0.1) is 6.20 Å². The Labute approximate surface area is 135 Å². The maximum Gasteiger partial charge on any atom is 0.0568 e. The van der Waals surface area contributed by atoms with Crippen LogP contribution in [0.15, 0.2) is 12.4 Å². The van der Waals surface area contributed by atoms with Crippen LogP contribution in [0.4, 0.5) is 0 Å². The van der Waals surface area contributed by atoms with Crippen molar-refractivity contribution < 1.29 is 0 Å². The third-order valence-corrected chi connectivity index (χ3v) is 4.86. The first-order valence-electron chi connectivity index (χ1n) is 8.21. The van der Waals surface area contributed by atoms with Crippen molar-refractivity contribution in [2.24, 2.45) is 0 Å². The molecule has 0 radical (unpaired) electrons. The highest BCUT2D eigenvalue weighted by atomic mass is 15.3. The first-order chi connectivity index (χ1) is 10.1. The molecule has 0 aliphatic carbocycles. The van der Waals surface area contributed by atoms with E-state index < -0.39 is 0 Å². The number of aromatic nitrogens is 2. The molecule has 0 saturated carbocycles. The molecule has 0 fully saturated rings. The maximum absolute atomic E-state index is 4.55. The van der Waals surface area contributed by atoms with Gasteiger partial charge in [0, 0.05) is 17.8 Å². The van der Waals surface area contributed by atoms with Crippen molar-refractivity contribution in [2.75, 3.05) is 0 Å². The van der Waals surface area contributed by atoms with Crippen LogP contribution >= 0.6 is 0 Å². The van der Waals surface area contributed by atoms with Crippen LogP contribution < -0.4 is 0 Å². The van der Waals surface area contributed by atoms with Crippen molar-refractivity contribution in [3.05, 3.63) is 40.2 Å². The predicted molar refractivity (Wildman–Crippen MR) is 95.7 cm³/mol. The zero-order valence-corrected chi connectivity index (χ0v) is 15.6. The quantitative estimate of drug-likeness (QED) is 0.699. The molecule has 0 atom stereocenters. The van der Waals surface area contributed by atoms with E-state index in [0.717, 1.165) is 0 Å². The summed E-state index contributed by atoms with van der Waals surface area (Å²) in [5.41, 5.74) is 9.81. The SMILES string of the molecule is Cc1c(C)c(C)c(C(C)(C)C)c(-c2cnn(C(C)C)c2)c1C. The summed E-state index contributed by atoms with van der Waals surface area (Å²) in [5, 5.41) is 4.55. The summed E-state index contributed by atoms with van der Waals surface area (Å²) in [4.78, 5) is 0. The summed E-state index contributed by atoms with van der Waals surface area (Å²) in [6.45, 7) is 20.2. The molecular weight excluding hydrogens is 268 g/mol. The second-order valence-electron chi connectivity index (χ2n) is 7.80.